The van der Waals surface area contributed by atoms with Crippen molar-refractivity contribution in [3.63, 3.8) is 0 Å². The largest absolute Gasteiger partial charge is 0.478 e. The summed E-state index contributed by atoms with van der Waals surface area (Å²) in [5, 5.41) is 9.49. The van der Waals surface area contributed by atoms with Crippen LogP contribution in [0.25, 0.3) is 10.9 Å². The van der Waals surface area contributed by atoms with Crippen LogP contribution < -0.4 is 4.74 Å². The summed E-state index contributed by atoms with van der Waals surface area (Å²) in [5.41, 5.74) is 0.919. The molecule has 0 bridgehead atoms. The van der Waals surface area contributed by atoms with Gasteiger partial charge in [-0.15, -0.1) is 0 Å². The predicted octanol–water partition coefficient (Wildman–Crippen LogP) is 1.79. The molecule has 0 saturated heterocycles. The van der Waals surface area contributed by atoms with Crippen LogP contribution in [0.4, 0.5) is 0 Å². The molecule has 1 aromatic carbocycles. The molecule has 0 amide bonds. The van der Waals surface area contributed by atoms with Gasteiger partial charge in [-0.1, -0.05) is 0 Å². The highest BCUT2D eigenvalue weighted by Crippen LogP contribution is 2.21. The summed E-state index contributed by atoms with van der Waals surface area (Å²) >= 11 is 0. The van der Waals surface area contributed by atoms with E-state index in [0.29, 0.717) is 11.3 Å². The topological polar surface area (TPSA) is 79.4 Å². The van der Waals surface area contributed by atoms with Gasteiger partial charge in [-0.05, 0) is 18.2 Å². The fraction of sp³-hybridized carbons (Fsp3) is 0.0909. The highest BCUT2D eigenvalue weighted by Gasteiger charge is 2.07. The number of carboxylic acids is 1. The number of nitrogens with one attached hydrogen (secondary N) is 1. The minimum Gasteiger partial charge on any atom is -0.478 e. The van der Waals surface area contributed by atoms with Crippen LogP contribution in [0.5, 0.6) is 5.88 Å². The molecule has 2 rings (SSSR count). The minimum absolute atomic E-state index is 0.195. The van der Waals surface area contributed by atoms with Crippen LogP contribution in [0.15, 0.2) is 24.3 Å². The molecule has 0 atom stereocenters. The Morgan fingerprint density at radius 2 is 2.06 bits per heavy atom. The van der Waals surface area contributed by atoms with Gasteiger partial charge in [-0.3, -0.25) is 4.79 Å². The van der Waals surface area contributed by atoms with Gasteiger partial charge in [0.25, 0.3) is 0 Å². The van der Waals surface area contributed by atoms with Gasteiger partial charge in [-0.25, -0.2) is 4.79 Å². The summed E-state index contributed by atoms with van der Waals surface area (Å²) in [5.74, 6) is -1.10. The maximum atomic E-state index is 10.7. The second-order valence-corrected chi connectivity index (χ2v) is 3.33. The van der Waals surface area contributed by atoms with Crippen LogP contribution in [-0.2, 0) is 4.79 Å². The van der Waals surface area contributed by atoms with Crippen LogP contribution in [0, 0.1) is 0 Å². The van der Waals surface area contributed by atoms with Crippen molar-refractivity contribution in [3.8, 4) is 5.88 Å². The molecule has 2 N–H and O–H groups in total. The highest BCUT2D eigenvalue weighted by atomic mass is 16.5. The zero-order valence-electron chi connectivity index (χ0n) is 8.48. The van der Waals surface area contributed by atoms with E-state index in [2.05, 4.69) is 4.98 Å². The van der Waals surface area contributed by atoms with Crippen molar-refractivity contribution in [3.05, 3.63) is 29.8 Å². The first-order valence-corrected chi connectivity index (χ1v) is 4.61. The van der Waals surface area contributed by atoms with Crippen molar-refractivity contribution in [1.82, 2.24) is 4.98 Å². The second kappa shape index (κ2) is 3.69. The van der Waals surface area contributed by atoms with Gasteiger partial charge in [0.05, 0.1) is 5.56 Å². The summed E-state index contributed by atoms with van der Waals surface area (Å²) in [6.07, 6.45) is 0. The number of rotatable bonds is 2. The molecule has 0 spiro atoms. The first-order valence-electron chi connectivity index (χ1n) is 4.61. The fourth-order valence-corrected chi connectivity index (χ4v) is 1.45. The van der Waals surface area contributed by atoms with E-state index in [4.69, 9.17) is 9.84 Å². The molecule has 0 unspecified atom stereocenters. The van der Waals surface area contributed by atoms with Gasteiger partial charge in [0, 0.05) is 23.9 Å². The Bertz CT molecular complexity index is 570. The van der Waals surface area contributed by atoms with Crippen molar-refractivity contribution < 1.29 is 19.4 Å². The lowest BCUT2D eigenvalue weighted by molar-refractivity contribution is -0.132. The number of esters is 1. The van der Waals surface area contributed by atoms with Gasteiger partial charge in [0.2, 0.25) is 5.88 Å². The predicted molar refractivity (Wildman–Crippen MR) is 56.6 cm³/mol. The van der Waals surface area contributed by atoms with Gasteiger partial charge in [0.15, 0.2) is 0 Å². The van der Waals surface area contributed by atoms with Crippen LogP contribution in [0.1, 0.15) is 17.3 Å². The molecule has 1 heterocycles. The van der Waals surface area contributed by atoms with Crippen LogP contribution in [0.2, 0.25) is 0 Å². The van der Waals surface area contributed by atoms with Gasteiger partial charge in [-0.2, -0.15) is 0 Å². The lowest BCUT2D eigenvalue weighted by Gasteiger charge is -1.93. The molecule has 2 aromatic rings. The number of hydrogen-bond acceptors (Lipinski definition) is 3. The second-order valence-electron chi connectivity index (χ2n) is 3.33. The molecule has 16 heavy (non-hydrogen) atoms. The Morgan fingerprint density at radius 3 is 2.69 bits per heavy atom. The highest BCUT2D eigenvalue weighted by molar-refractivity contribution is 5.94. The van der Waals surface area contributed by atoms with Crippen molar-refractivity contribution >= 4 is 22.8 Å². The Kier molecular flexibility index (Phi) is 2.36. The van der Waals surface area contributed by atoms with E-state index >= 15 is 0 Å². The Labute approximate surface area is 90.6 Å². The van der Waals surface area contributed by atoms with Crippen molar-refractivity contribution in [2.24, 2.45) is 0 Å². The Morgan fingerprint density at radius 1 is 1.31 bits per heavy atom. The number of H-pyrrole nitrogens is 1. The van der Waals surface area contributed by atoms with E-state index in [0.717, 1.165) is 5.52 Å². The summed E-state index contributed by atoms with van der Waals surface area (Å²) < 4.78 is 4.86. The Balaban J connectivity index is 2.45. The lowest BCUT2D eigenvalue weighted by Crippen LogP contribution is -2.00. The maximum Gasteiger partial charge on any atom is 0.335 e. The Hall–Kier alpha value is -2.30. The number of aromatic nitrogens is 1. The molecule has 5 heteroatoms. The monoisotopic (exact) mass is 219 g/mol. The first kappa shape index (κ1) is 10.2. The molecular weight excluding hydrogens is 210 g/mol. The van der Waals surface area contributed by atoms with E-state index in [9.17, 15) is 9.59 Å². The number of benzene rings is 1. The average molecular weight is 219 g/mol. The first-order chi connectivity index (χ1) is 7.56. The molecular formula is C11H9NO4. The zero-order chi connectivity index (χ0) is 11.7. The summed E-state index contributed by atoms with van der Waals surface area (Å²) in [4.78, 5) is 24.3. The third kappa shape index (κ3) is 1.88. The standard InChI is InChI=1S/C11H9NO4/c1-6(13)16-10-5-8-4-7(11(14)15)2-3-9(8)12-10/h2-5,12H,1H3,(H,14,15). The normalized spacial score (nSPS) is 10.3. The van der Waals surface area contributed by atoms with E-state index < -0.39 is 11.9 Å². The molecule has 1 aromatic heterocycles. The van der Waals surface area contributed by atoms with Gasteiger partial charge < -0.3 is 14.8 Å². The summed E-state index contributed by atoms with van der Waals surface area (Å²) in [6.45, 7) is 1.30. The number of carbonyl (C=O) groups is 2. The van der Waals surface area contributed by atoms with Crippen molar-refractivity contribution in [1.29, 1.82) is 0 Å². The number of carboxylic acid groups (broad SMARTS) is 1. The van der Waals surface area contributed by atoms with E-state index in [1.54, 1.807) is 12.1 Å². The molecule has 5 nitrogen and oxygen atoms in total. The smallest absolute Gasteiger partial charge is 0.335 e. The third-order valence-electron chi connectivity index (χ3n) is 2.10. The number of aromatic carboxylic acids is 1. The number of aromatic amines is 1. The molecule has 0 aliphatic carbocycles. The van der Waals surface area contributed by atoms with Gasteiger partial charge in [0.1, 0.15) is 0 Å². The minimum atomic E-state index is -0.989. The number of ether oxygens (including phenoxy) is 1. The molecule has 0 radical (unpaired) electrons. The number of hydrogen-bond donors (Lipinski definition) is 2. The molecule has 0 aliphatic rings. The lowest BCUT2D eigenvalue weighted by atomic mass is 10.1. The van der Waals surface area contributed by atoms with Crippen molar-refractivity contribution in [2.45, 2.75) is 6.92 Å². The van der Waals surface area contributed by atoms with Gasteiger partial charge >= 0.3 is 11.9 Å². The molecule has 0 aliphatic heterocycles. The molecule has 0 saturated carbocycles. The van der Waals surface area contributed by atoms with Crippen molar-refractivity contribution in [2.75, 3.05) is 0 Å². The quantitative estimate of drug-likeness (QED) is 0.754. The van der Waals surface area contributed by atoms with E-state index in [-0.39, 0.29) is 5.56 Å². The average Bonchev–Trinajstić information content (AvgIpc) is 2.56. The van der Waals surface area contributed by atoms with Crippen LogP contribution in [0.3, 0.4) is 0 Å². The zero-order valence-corrected chi connectivity index (χ0v) is 8.48. The maximum absolute atomic E-state index is 10.7. The molecule has 0 fully saturated rings. The summed E-state index contributed by atoms with van der Waals surface area (Å²) in [7, 11) is 0. The molecule has 82 valence electrons. The van der Waals surface area contributed by atoms with Crippen LogP contribution >= 0.6 is 0 Å². The fourth-order valence-electron chi connectivity index (χ4n) is 1.45. The third-order valence-corrected chi connectivity index (χ3v) is 2.10. The number of fused-ring (bicyclic) bond motifs is 1. The van der Waals surface area contributed by atoms with E-state index in [1.807, 2.05) is 0 Å². The van der Waals surface area contributed by atoms with Crippen LogP contribution in [-0.4, -0.2) is 22.0 Å². The van der Waals surface area contributed by atoms with E-state index in [1.165, 1.54) is 19.1 Å². The SMILES string of the molecule is CC(=O)Oc1cc2cc(C(=O)O)ccc2[nH]1. The summed E-state index contributed by atoms with van der Waals surface area (Å²) in [6, 6.07) is 6.22. The number of carbonyl (C=O) groups excluding carboxylic acids is 1.